The minimum absolute atomic E-state index is 0.229. The Morgan fingerprint density at radius 1 is 1.29 bits per heavy atom. The SMILES string of the molecule is C=CCN(CC=C)C(=O)C(C)NC(=O)COc1ccc(Cl)cc1Cl. The van der Waals surface area contributed by atoms with Crippen LogP contribution in [0.4, 0.5) is 0 Å². The van der Waals surface area contributed by atoms with Crippen LogP contribution in [0.3, 0.4) is 0 Å². The van der Waals surface area contributed by atoms with E-state index in [2.05, 4.69) is 18.5 Å². The topological polar surface area (TPSA) is 58.6 Å². The second-order valence-corrected chi connectivity index (χ2v) is 5.82. The lowest BCUT2D eigenvalue weighted by Crippen LogP contribution is -2.48. The van der Waals surface area contributed by atoms with Gasteiger partial charge in [-0.05, 0) is 25.1 Å². The molecule has 130 valence electrons. The van der Waals surface area contributed by atoms with Gasteiger partial charge in [-0.25, -0.2) is 0 Å². The Balaban J connectivity index is 2.55. The number of hydrogen-bond acceptors (Lipinski definition) is 3. The lowest BCUT2D eigenvalue weighted by molar-refractivity contribution is -0.135. The van der Waals surface area contributed by atoms with Gasteiger partial charge in [-0.1, -0.05) is 35.4 Å². The molecule has 0 radical (unpaired) electrons. The molecule has 1 unspecified atom stereocenters. The van der Waals surface area contributed by atoms with Crippen LogP contribution in [0.25, 0.3) is 0 Å². The summed E-state index contributed by atoms with van der Waals surface area (Å²) in [4.78, 5) is 25.7. The Hall–Kier alpha value is -1.98. The number of rotatable bonds is 9. The highest BCUT2D eigenvalue weighted by Crippen LogP contribution is 2.27. The first-order valence-corrected chi connectivity index (χ1v) is 8.02. The molecule has 0 aliphatic rings. The van der Waals surface area contributed by atoms with E-state index < -0.39 is 11.9 Å². The Morgan fingerprint density at radius 3 is 2.46 bits per heavy atom. The number of amides is 2. The fraction of sp³-hybridized carbons (Fsp3) is 0.294. The van der Waals surface area contributed by atoms with Crippen LogP contribution >= 0.6 is 23.2 Å². The lowest BCUT2D eigenvalue weighted by Gasteiger charge is -2.23. The quantitative estimate of drug-likeness (QED) is 0.679. The molecule has 0 aliphatic carbocycles. The van der Waals surface area contributed by atoms with Crippen molar-refractivity contribution in [1.29, 1.82) is 0 Å². The smallest absolute Gasteiger partial charge is 0.258 e. The molecule has 0 spiro atoms. The molecule has 1 aromatic carbocycles. The minimum atomic E-state index is -0.693. The van der Waals surface area contributed by atoms with Crippen molar-refractivity contribution in [2.75, 3.05) is 19.7 Å². The maximum absolute atomic E-state index is 12.3. The summed E-state index contributed by atoms with van der Waals surface area (Å²) in [5.41, 5.74) is 0. The summed E-state index contributed by atoms with van der Waals surface area (Å²) in [7, 11) is 0. The van der Waals surface area contributed by atoms with Gasteiger partial charge in [0.15, 0.2) is 6.61 Å². The molecule has 5 nitrogen and oxygen atoms in total. The normalized spacial score (nSPS) is 11.3. The average molecular weight is 371 g/mol. The van der Waals surface area contributed by atoms with Crippen LogP contribution in [0.5, 0.6) is 5.75 Å². The minimum Gasteiger partial charge on any atom is -0.482 e. The van der Waals surface area contributed by atoms with E-state index in [0.717, 1.165) is 0 Å². The van der Waals surface area contributed by atoms with Gasteiger partial charge in [0, 0.05) is 18.1 Å². The molecule has 1 N–H and O–H groups in total. The molecule has 7 heteroatoms. The van der Waals surface area contributed by atoms with Crippen molar-refractivity contribution in [3.63, 3.8) is 0 Å². The van der Waals surface area contributed by atoms with E-state index in [4.69, 9.17) is 27.9 Å². The zero-order valence-corrected chi connectivity index (χ0v) is 14.9. The van der Waals surface area contributed by atoms with Gasteiger partial charge >= 0.3 is 0 Å². The highest BCUT2D eigenvalue weighted by atomic mass is 35.5. The third kappa shape index (κ3) is 6.26. The molecule has 0 heterocycles. The molecule has 1 rings (SSSR count). The van der Waals surface area contributed by atoms with Crippen molar-refractivity contribution in [3.8, 4) is 5.75 Å². The van der Waals surface area contributed by atoms with E-state index in [1.165, 1.54) is 11.0 Å². The summed E-state index contributed by atoms with van der Waals surface area (Å²) < 4.78 is 5.33. The van der Waals surface area contributed by atoms with Crippen LogP contribution in [-0.4, -0.2) is 42.5 Å². The predicted molar refractivity (Wildman–Crippen MR) is 96.5 cm³/mol. The van der Waals surface area contributed by atoms with Gasteiger partial charge in [0.25, 0.3) is 5.91 Å². The monoisotopic (exact) mass is 370 g/mol. The van der Waals surface area contributed by atoms with Crippen LogP contribution in [0.2, 0.25) is 10.0 Å². The summed E-state index contributed by atoms with van der Waals surface area (Å²) in [5.74, 6) is -0.318. The molecule has 0 aromatic heterocycles. The average Bonchev–Trinajstić information content (AvgIpc) is 2.53. The summed E-state index contributed by atoms with van der Waals surface area (Å²) in [6.45, 7) is 9.31. The zero-order chi connectivity index (χ0) is 18.1. The van der Waals surface area contributed by atoms with E-state index in [1.54, 1.807) is 31.2 Å². The molecule has 0 aliphatic heterocycles. The second-order valence-electron chi connectivity index (χ2n) is 4.97. The third-order valence-corrected chi connectivity index (χ3v) is 3.54. The molecule has 2 amide bonds. The highest BCUT2D eigenvalue weighted by molar-refractivity contribution is 6.35. The summed E-state index contributed by atoms with van der Waals surface area (Å²) in [5, 5.41) is 3.37. The van der Waals surface area contributed by atoms with Gasteiger partial charge in [0.2, 0.25) is 5.91 Å². The lowest BCUT2D eigenvalue weighted by atomic mass is 10.2. The van der Waals surface area contributed by atoms with E-state index in [9.17, 15) is 9.59 Å². The van der Waals surface area contributed by atoms with Crippen molar-refractivity contribution in [3.05, 3.63) is 53.6 Å². The predicted octanol–water partition coefficient (Wildman–Crippen LogP) is 3.08. The Kier molecular flexibility index (Phi) is 8.36. The van der Waals surface area contributed by atoms with Crippen LogP contribution in [0, 0.1) is 0 Å². The number of hydrogen-bond donors (Lipinski definition) is 1. The van der Waals surface area contributed by atoms with E-state index in [-0.39, 0.29) is 12.5 Å². The standard InChI is InChI=1S/C17H20Cl2N2O3/c1-4-8-21(9-5-2)17(23)12(3)20-16(22)11-24-15-7-6-13(18)10-14(15)19/h4-7,10,12H,1-2,8-9,11H2,3H3,(H,20,22). The van der Waals surface area contributed by atoms with Gasteiger partial charge in [0.05, 0.1) is 5.02 Å². The number of halogens is 2. The maximum atomic E-state index is 12.3. The Morgan fingerprint density at radius 2 is 1.92 bits per heavy atom. The van der Waals surface area contributed by atoms with E-state index >= 15 is 0 Å². The maximum Gasteiger partial charge on any atom is 0.258 e. The highest BCUT2D eigenvalue weighted by Gasteiger charge is 2.20. The van der Waals surface area contributed by atoms with Crippen molar-refractivity contribution in [1.82, 2.24) is 10.2 Å². The van der Waals surface area contributed by atoms with Crippen LogP contribution in [0.1, 0.15) is 6.92 Å². The summed E-state index contributed by atoms with van der Waals surface area (Å²) in [6, 6.07) is 4.00. The first-order chi connectivity index (χ1) is 11.4. The second kappa shape index (κ2) is 10.0. The Labute approximate surface area is 151 Å². The van der Waals surface area contributed by atoms with Gasteiger partial charge in [-0.2, -0.15) is 0 Å². The number of nitrogens with one attached hydrogen (secondary N) is 1. The third-order valence-electron chi connectivity index (χ3n) is 3.01. The van der Waals surface area contributed by atoms with Crippen molar-refractivity contribution in [2.24, 2.45) is 0 Å². The van der Waals surface area contributed by atoms with Gasteiger partial charge in [0.1, 0.15) is 11.8 Å². The Bertz CT molecular complexity index is 610. The first kappa shape index (κ1) is 20.1. The van der Waals surface area contributed by atoms with Gasteiger partial charge in [-0.15, -0.1) is 13.2 Å². The number of nitrogens with zero attached hydrogens (tertiary/aromatic N) is 1. The zero-order valence-electron chi connectivity index (χ0n) is 13.4. The number of benzene rings is 1. The van der Waals surface area contributed by atoms with Crippen LogP contribution in [-0.2, 0) is 9.59 Å². The van der Waals surface area contributed by atoms with E-state index in [0.29, 0.717) is 28.9 Å². The summed E-state index contributed by atoms with van der Waals surface area (Å²) in [6.07, 6.45) is 3.23. The molecule has 24 heavy (non-hydrogen) atoms. The van der Waals surface area contributed by atoms with Crippen molar-refractivity contribution < 1.29 is 14.3 Å². The van der Waals surface area contributed by atoms with Crippen molar-refractivity contribution in [2.45, 2.75) is 13.0 Å². The van der Waals surface area contributed by atoms with Crippen LogP contribution < -0.4 is 10.1 Å². The molecule has 0 bridgehead atoms. The van der Waals surface area contributed by atoms with Crippen LogP contribution in [0.15, 0.2) is 43.5 Å². The summed E-state index contributed by atoms with van der Waals surface area (Å²) >= 11 is 11.7. The largest absolute Gasteiger partial charge is 0.482 e. The van der Waals surface area contributed by atoms with Gasteiger partial charge < -0.3 is 15.0 Å². The van der Waals surface area contributed by atoms with E-state index in [1.807, 2.05) is 0 Å². The molecule has 0 saturated heterocycles. The molecular formula is C17H20Cl2N2O3. The molecule has 0 saturated carbocycles. The number of carbonyl (C=O) groups excluding carboxylic acids is 2. The molecule has 1 aromatic rings. The fourth-order valence-electron chi connectivity index (χ4n) is 1.92. The number of ether oxygens (including phenoxy) is 1. The number of carbonyl (C=O) groups is 2. The fourth-order valence-corrected chi connectivity index (χ4v) is 2.38. The van der Waals surface area contributed by atoms with Gasteiger partial charge in [-0.3, -0.25) is 9.59 Å². The molecule has 0 fully saturated rings. The first-order valence-electron chi connectivity index (χ1n) is 7.26. The molecular weight excluding hydrogens is 351 g/mol. The molecule has 1 atom stereocenters. The van der Waals surface area contributed by atoms with Crippen molar-refractivity contribution >= 4 is 35.0 Å².